The SMILES string of the molecule is CC(C)COC(=O)c1cc(Cl)c(Cl)c(S(N)(=O)=O)c1. The molecule has 1 rings (SSSR count). The lowest BCUT2D eigenvalue weighted by Gasteiger charge is -2.09. The summed E-state index contributed by atoms with van der Waals surface area (Å²) in [6, 6.07) is 2.29. The Hall–Kier alpha value is -0.820. The molecule has 1 aromatic carbocycles. The van der Waals surface area contributed by atoms with Crippen molar-refractivity contribution >= 4 is 39.2 Å². The second-order valence-electron chi connectivity index (χ2n) is 4.31. The quantitative estimate of drug-likeness (QED) is 0.861. The summed E-state index contributed by atoms with van der Waals surface area (Å²) < 4.78 is 27.6. The van der Waals surface area contributed by atoms with Gasteiger partial charge in [-0.3, -0.25) is 0 Å². The van der Waals surface area contributed by atoms with Crippen molar-refractivity contribution in [3.05, 3.63) is 27.7 Å². The van der Waals surface area contributed by atoms with Crippen LogP contribution in [0.3, 0.4) is 0 Å². The van der Waals surface area contributed by atoms with Crippen LogP contribution in [-0.2, 0) is 14.8 Å². The predicted molar refractivity (Wildman–Crippen MR) is 73.0 cm³/mol. The molecule has 0 spiro atoms. The molecule has 0 saturated carbocycles. The van der Waals surface area contributed by atoms with Crippen molar-refractivity contribution in [1.82, 2.24) is 0 Å². The number of sulfonamides is 1. The van der Waals surface area contributed by atoms with Crippen LogP contribution in [0.5, 0.6) is 0 Å². The van der Waals surface area contributed by atoms with Crippen LogP contribution < -0.4 is 5.14 Å². The Balaban J connectivity index is 3.18. The minimum Gasteiger partial charge on any atom is -0.462 e. The molecule has 0 amide bonds. The number of carbonyl (C=O) groups is 1. The maximum Gasteiger partial charge on any atom is 0.338 e. The zero-order valence-electron chi connectivity index (χ0n) is 10.3. The van der Waals surface area contributed by atoms with E-state index in [1.54, 1.807) is 0 Å². The van der Waals surface area contributed by atoms with E-state index in [1.165, 1.54) is 6.07 Å². The third-order valence-electron chi connectivity index (χ3n) is 2.08. The highest BCUT2D eigenvalue weighted by atomic mass is 35.5. The van der Waals surface area contributed by atoms with E-state index in [2.05, 4.69) is 0 Å². The lowest BCUT2D eigenvalue weighted by Crippen LogP contribution is -2.15. The topological polar surface area (TPSA) is 86.5 Å². The molecule has 8 heteroatoms. The second kappa shape index (κ2) is 6.09. The fourth-order valence-electron chi connectivity index (χ4n) is 1.21. The van der Waals surface area contributed by atoms with Crippen LogP contribution in [0.2, 0.25) is 10.0 Å². The Labute approximate surface area is 121 Å². The molecular formula is C11H13Cl2NO4S. The Kier molecular flexibility index (Phi) is 5.20. The lowest BCUT2D eigenvalue weighted by molar-refractivity contribution is 0.0458. The van der Waals surface area contributed by atoms with E-state index in [-0.39, 0.29) is 28.1 Å². The van der Waals surface area contributed by atoms with Crippen molar-refractivity contribution in [2.24, 2.45) is 11.1 Å². The Morgan fingerprint density at radius 3 is 2.42 bits per heavy atom. The Bertz CT molecular complexity index is 599. The molecule has 0 unspecified atom stereocenters. The number of rotatable bonds is 4. The van der Waals surface area contributed by atoms with Gasteiger partial charge in [-0.25, -0.2) is 18.4 Å². The second-order valence-corrected chi connectivity index (χ2v) is 6.62. The molecule has 19 heavy (non-hydrogen) atoms. The number of carbonyl (C=O) groups excluding carboxylic acids is 1. The smallest absolute Gasteiger partial charge is 0.338 e. The van der Waals surface area contributed by atoms with Crippen LogP contribution in [-0.4, -0.2) is 21.0 Å². The van der Waals surface area contributed by atoms with Gasteiger partial charge in [0.05, 0.1) is 22.2 Å². The van der Waals surface area contributed by atoms with Gasteiger partial charge in [0, 0.05) is 0 Å². The molecule has 0 saturated heterocycles. The fraction of sp³-hybridized carbons (Fsp3) is 0.364. The summed E-state index contributed by atoms with van der Waals surface area (Å²) in [6.07, 6.45) is 0. The Morgan fingerprint density at radius 1 is 1.37 bits per heavy atom. The minimum absolute atomic E-state index is 0.0147. The van der Waals surface area contributed by atoms with Crippen molar-refractivity contribution < 1.29 is 17.9 Å². The Morgan fingerprint density at radius 2 is 1.95 bits per heavy atom. The molecule has 0 fully saturated rings. The van der Waals surface area contributed by atoms with E-state index < -0.39 is 20.9 Å². The summed E-state index contributed by atoms with van der Waals surface area (Å²) in [6.45, 7) is 3.96. The van der Waals surface area contributed by atoms with Gasteiger partial charge in [-0.1, -0.05) is 37.0 Å². The van der Waals surface area contributed by atoms with Crippen molar-refractivity contribution in [2.75, 3.05) is 6.61 Å². The fourth-order valence-corrected chi connectivity index (χ4v) is 2.57. The predicted octanol–water partition coefficient (Wildman–Crippen LogP) is 2.45. The van der Waals surface area contributed by atoms with E-state index in [4.69, 9.17) is 33.1 Å². The molecule has 0 aliphatic heterocycles. The summed E-state index contributed by atoms with van der Waals surface area (Å²) >= 11 is 11.5. The first-order chi connectivity index (χ1) is 8.62. The standard InChI is InChI=1S/C11H13Cl2NO4S/c1-6(2)5-18-11(15)7-3-8(12)10(13)9(4-7)19(14,16)17/h3-4,6H,5H2,1-2H3,(H2,14,16,17). The van der Waals surface area contributed by atoms with E-state index in [0.29, 0.717) is 0 Å². The van der Waals surface area contributed by atoms with Crippen molar-refractivity contribution in [3.63, 3.8) is 0 Å². The van der Waals surface area contributed by atoms with E-state index >= 15 is 0 Å². The van der Waals surface area contributed by atoms with Gasteiger partial charge in [0.1, 0.15) is 4.90 Å². The number of primary sulfonamides is 1. The monoisotopic (exact) mass is 325 g/mol. The number of ether oxygens (including phenoxy) is 1. The highest BCUT2D eigenvalue weighted by Gasteiger charge is 2.20. The molecule has 0 heterocycles. The first kappa shape index (κ1) is 16.2. The highest BCUT2D eigenvalue weighted by molar-refractivity contribution is 7.89. The molecule has 0 bridgehead atoms. The number of halogens is 2. The molecule has 106 valence electrons. The van der Waals surface area contributed by atoms with E-state index in [9.17, 15) is 13.2 Å². The number of nitrogens with two attached hydrogens (primary N) is 1. The van der Waals surface area contributed by atoms with Gasteiger partial charge >= 0.3 is 5.97 Å². The van der Waals surface area contributed by atoms with Gasteiger partial charge in [0.2, 0.25) is 10.0 Å². The summed E-state index contributed by atoms with van der Waals surface area (Å²) in [7, 11) is -4.07. The molecule has 1 aromatic rings. The molecular weight excluding hydrogens is 313 g/mol. The molecule has 0 aliphatic rings. The van der Waals surface area contributed by atoms with Gasteiger partial charge in [-0.15, -0.1) is 0 Å². The molecule has 0 aromatic heterocycles. The van der Waals surface area contributed by atoms with Gasteiger partial charge in [-0.05, 0) is 18.1 Å². The number of esters is 1. The summed E-state index contributed by atoms with van der Waals surface area (Å²) in [5.74, 6) is -0.526. The number of hydrogen-bond acceptors (Lipinski definition) is 4. The van der Waals surface area contributed by atoms with Gasteiger partial charge in [0.25, 0.3) is 0 Å². The van der Waals surface area contributed by atoms with E-state index in [1.807, 2.05) is 13.8 Å². The van der Waals surface area contributed by atoms with Crippen molar-refractivity contribution in [2.45, 2.75) is 18.7 Å². The van der Waals surface area contributed by atoms with Crippen LogP contribution in [0.25, 0.3) is 0 Å². The van der Waals surface area contributed by atoms with Crippen LogP contribution in [0, 0.1) is 5.92 Å². The maximum atomic E-state index is 11.7. The van der Waals surface area contributed by atoms with Gasteiger partial charge < -0.3 is 4.74 Å². The van der Waals surface area contributed by atoms with Crippen LogP contribution in [0.1, 0.15) is 24.2 Å². The highest BCUT2D eigenvalue weighted by Crippen LogP contribution is 2.30. The minimum atomic E-state index is -4.07. The third-order valence-corrected chi connectivity index (χ3v) is 3.93. The largest absolute Gasteiger partial charge is 0.462 e. The van der Waals surface area contributed by atoms with E-state index in [0.717, 1.165) is 6.07 Å². The van der Waals surface area contributed by atoms with Gasteiger partial charge in [-0.2, -0.15) is 0 Å². The summed E-state index contributed by atoms with van der Waals surface area (Å²) in [5, 5.41) is 4.70. The first-order valence-electron chi connectivity index (χ1n) is 5.32. The molecule has 5 nitrogen and oxygen atoms in total. The molecule has 2 N–H and O–H groups in total. The normalized spacial score (nSPS) is 11.7. The number of benzene rings is 1. The molecule has 0 radical (unpaired) electrons. The molecule has 0 atom stereocenters. The van der Waals surface area contributed by atoms with Crippen LogP contribution in [0.4, 0.5) is 0 Å². The summed E-state index contributed by atoms with van der Waals surface area (Å²) in [5.41, 5.74) is -0.0147. The zero-order chi connectivity index (χ0) is 14.8. The number of hydrogen-bond donors (Lipinski definition) is 1. The summed E-state index contributed by atoms with van der Waals surface area (Å²) in [4.78, 5) is 11.3. The van der Waals surface area contributed by atoms with Crippen molar-refractivity contribution in [3.8, 4) is 0 Å². The first-order valence-corrected chi connectivity index (χ1v) is 7.62. The maximum absolute atomic E-state index is 11.7. The average Bonchev–Trinajstić information content (AvgIpc) is 2.27. The van der Waals surface area contributed by atoms with Crippen molar-refractivity contribution in [1.29, 1.82) is 0 Å². The van der Waals surface area contributed by atoms with Crippen LogP contribution in [0.15, 0.2) is 17.0 Å². The zero-order valence-corrected chi connectivity index (χ0v) is 12.6. The third kappa shape index (κ3) is 4.35. The molecule has 0 aliphatic carbocycles. The lowest BCUT2D eigenvalue weighted by atomic mass is 10.2. The van der Waals surface area contributed by atoms with Gasteiger partial charge in [0.15, 0.2) is 0 Å². The average molecular weight is 326 g/mol. The van der Waals surface area contributed by atoms with Crippen LogP contribution >= 0.6 is 23.2 Å².